The van der Waals surface area contributed by atoms with Crippen LogP contribution >= 0.6 is 11.6 Å². The standard InChI is InChI=1S/C18H26ClFN4/c1-13-16(10-21-11-18(2,3)12-23(4)5)17(19)24(22-13)15-8-6-14(20)7-9-15/h6-9,21H,10-12H2,1-5H3. The van der Waals surface area contributed by atoms with Crippen LogP contribution in [0.3, 0.4) is 0 Å². The number of hydrogen-bond donors (Lipinski definition) is 1. The van der Waals surface area contributed by atoms with Gasteiger partial charge >= 0.3 is 0 Å². The Bertz CT molecular complexity index is 677. The second-order valence-corrected chi connectivity index (χ2v) is 7.61. The van der Waals surface area contributed by atoms with E-state index in [4.69, 9.17) is 11.6 Å². The number of hydrogen-bond acceptors (Lipinski definition) is 3. The summed E-state index contributed by atoms with van der Waals surface area (Å²) in [5.41, 5.74) is 2.77. The number of nitrogens with one attached hydrogen (secondary N) is 1. The lowest BCUT2D eigenvalue weighted by atomic mass is 9.93. The maximum Gasteiger partial charge on any atom is 0.137 e. The van der Waals surface area contributed by atoms with Gasteiger partial charge in [-0.3, -0.25) is 0 Å². The topological polar surface area (TPSA) is 33.1 Å². The largest absolute Gasteiger partial charge is 0.312 e. The lowest BCUT2D eigenvalue weighted by Gasteiger charge is -2.28. The number of rotatable bonds is 7. The van der Waals surface area contributed by atoms with Gasteiger partial charge in [0.15, 0.2) is 0 Å². The van der Waals surface area contributed by atoms with E-state index in [0.29, 0.717) is 11.7 Å². The predicted molar refractivity (Wildman–Crippen MR) is 97.3 cm³/mol. The van der Waals surface area contributed by atoms with E-state index in [1.54, 1.807) is 16.8 Å². The molecule has 132 valence electrons. The maximum absolute atomic E-state index is 13.1. The molecule has 0 saturated carbocycles. The molecule has 1 aromatic carbocycles. The highest BCUT2D eigenvalue weighted by Gasteiger charge is 2.20. The molecule has 0 saturated heterocycles. The van der Waals surface area contributed by atoms with Crippen LogP contribution in [0.1, 0.15) is 25.1 Å². The minimum absolute atomic E-state index is 0.164. The molecule has 1 aromatic heterocycles. The summed E-state index contributed by atoms with van der Waals surface area (Å²) in [5, 5.41) is 8.53. The van der Waals surface area contributed by atoms with Crippen molar-refractivity contribution in [2.24, 2.45) is 5.41 Å². The number of benzene rings is 1. The summed E-state index contributed by atoms with van der Waals surface area (Å²) in [6.07, 6.45) is 0. The van der Waals surface area contributed by atoms with Crippen molar-refractivity contribution in [3.05, 3.63) is 46.5 Å². The van der Waals surface area contributed by atoms with Gasteiger partial charge in [0.1, 0.15) is 11.0 Å². The van der Waals surface area contributed by atoms with Crippen molar-refractivity contribution in [2.45, 2.75) is 27.3 Å². The highest BCUT2D eigenvalue weighted by atomic mass is 35.5. The van der Waals surface area contributed by atoms with Crippen LogP contribution in [0, 0.1) is 18.2 Å². The smallest absolute Gasteiger partial charge is 0.137 e. The van der Waals surface area contributed by atoms with E-state index in [9.17, 15) is 4.39 Å². The highest BCUT2D eigenvalue weighted by Crippen LogP contribution is 2.24. The van der Waals surface area contributed by atoms with Gasteiger partial charge in [0, 0.05) is 25.2 Å². The Morgan fingerprint density at radius 1 is 1.25 bits per heavy atom. The fourth-order valence-corrected chi connectivity index (χ4v) is 3.26. The van der Waals surface area contributed by atoms with Crippen LogP contribution in [0.25, 0.3) is 5.69 Å². The van der Waals surface area contributed by atoms with E-state index in [1.165, 1.54) is 12.1 Å². The number of halogens is 2. The van der Waals surface area contributed by atoms with Gasteiger partial charge in [-0.05, 0) is 50.7 Å². The van der Waals surface area contributed by atoms with Crippen LogP contribution < -0.4 is 5.32 Å². The molecule has 24 heavy (non-hydrogen) atoms. The Morgan fingerprint density at radius 3 is 2.46 bits per heavy atom. The minimum atomic E-state index is -0.274. The fourth-order valence-electron chi connectivity index (χ4n) is 2.92. The Kier molecular flexibility index (Phi) is 6.01. The quantitative estimate of drug-likeness (QED) is 0.825. The molecule has 0 fully saturated rings. The molecule has 0 unspecified atom stereocenters. The molecule has 1 N–H and O–H groups in total. The summed E-state index contributed by atoms with van der Waals surface area (Å²) in [7, 11) is 4.16. The summed E-state index contributed by atoms with van der Waals surface area (Å²) >= 11 is 6.50. The third-order valence-corrected chi connectivity index (χ3v) is 4.23. The summed E-state index contributed by atoms with van der Waals surface area (Å²) in [6, 6.07) is 6.16. The summed E-state index contributed by atoms with van der Waals surface area (Å²) in [4.78, 5) is 2.19. The molecule has 2 rings (SSSR count). The maximum atomic E-state index is 13.1. The van der Waals surface area contributed by atoms with E-state index in [1.807, 2.05) is 6.92 Å². The first-order chi connectivity index (χ1) is 11.2. The number of nitrogens with zero attached hydrogens (tertiary/aromatic N) is 3. The lowest BCUT2D eigenvalue weighted by molar-refractivity contribution is 0.232. The number of aromatic nitrogens is 2. The third-order valence-electron chi connectivity index (χ3n) is 3.84. The van der Waals surface area contributed by atoms with E-state index in [-0.39, 0.29) is 11.2 Å². The molecule has 0 amide bonds. The van der Waals surface area contributed by atoms with Crippen molar-refractivity contribution in [2.75, 3.05) is 27.2 Å². The van der Waals surface area contributed by atoms with Crippen LogP contribution in [0.2, 0.25) is 5.15 Å². The molecule has 0 spiro atoms. The van der Waals surface area contributed by atoms with Crippen LogP contribution in [-0.2, 0) is 6.54 Å². The van der Waals surface area contributed by atoms with Gasteiger partial charge in [0.2, 0.25) is 0 Å². The minimum Gasteiger partial charge on any atom is -0.312 e. The predicted octanol–water partition coefficient (Wildman–Crippen LogP) is 3.65. The third kappa shape index (κ3) is 4.79. The van der Waals surface area contributed by atoms with Gasteiger partial charge in [-0.2, -0.15) is 5.10 Å². The van der Waals surface area contributed by atoms with Gasteiger partial charge in [-0.25, -0.2) is 9.07 Å². The highest BCUT2D eigenvalue weighted by molar-refractivity contribution is 6.30. The molecule has 0 aliphatic heterocycles. The van der Waals surface area contributed by atoms with Crippen LogP contribution in [0.4, 0.5) is 4.39 Å². The first-order valence-corrected chi connectivity index (χ1v) is 8.43. The van der Waals surface area contributed by atoms with Crippen molar-refractivity contribution in [1.29, 1.82) is 0 Å². The molecule has 1 heterocycles. The van der Waals surface area contributed by atoms with E-state index in [2.05, 4.69) is 43.3 Å². The molecule has 0 bridgehead atoms. The van der Waals surface area contributed by atoms with E-state index in [0.717, 1.165) is 30.0 Å². The molecule has 0 radical (unpaired) electrons. The van der Waals surface area contributed by atoms with Crippen LogP contribution in [-0.4, -0.2) is 41.9 Å². The second kappa shape index (κ2) is 7.64. The fraction of sp³-hybridized carbons (Fsp3) is 0.500. The van der Waals surface area contributed by atoms with Crippen molar-refractivity contribution >= 4 is 11.6 Å². The summed E-state index contributed by atoms with van der Waals surface area (Å²) in [5.74, 6) is -0.274. The average Bonchev–Trinajstić information content (AvgIpc) is 2.74. The first-order valence-electron chi connectivity index (χ1n) is 8.05. The Hall–Kier alpha value is -1.43. The molecule has 2 aromatic rings. The average molecular weight is 353 g/mol. The van der Waals surface area contributed by atoms with Crippen molar-refractivity contribution in [1.82, 2.24) is 20.0 Å². The molecule has 4 nitrogen and oxygen atoms in total. The second-order valence-electron chi connectivity index (χ2n) is 7.25. The molecular weight excluding hydrogens is 327 g/mol. The van der Waals surface area contributed by atoms with Crippen molar-refractivity contribution in [3.63, 3.8) is 0 Å². The zero-order chi connectivity index (χ0) is 17.9. The Labute approximate surface area is 148 Å². The van der Waals surface area contributed by atoms with Gasteiger partial charge in [0.25, 0.3) is 0 Å². The molecule has 0 aliphatic rings. The van der Waals surface area contributed by atoms with Gasteiger partial charge in [-0.1, -0.05) is 25.4 Å². The van der Waals surface area contributed by atoms with Crippen LogP contribution in [0.5, 0.6) is 0 Å². The zero-order valence-corrected chi connectivity index (χ0v) is 15.8. The Morgan fingerprint density at radius 2 is 1.88 bits per heavy atom. The molecular formula is C18H26ClFN4. The van der Waals surface area contributed by atoms with E-state index < -0.39 is 0 Å². The number of aryl methyl sites for hydroxylation is 1. The van der Waals surface area contributed by atoms with Crippen molar-refractivity contribution < 1.29 is 4.39 Å². The van der Waals surface area contributed by atoms with Gasteiger partial charge in [0.05, 0.1) is 11.4 Å². The SMILES string of the molecule is Cc1nn(-c2ccc(F)cc2)c(Cl)c1CNCC(C)(C)CN(C)C. The van der Waals surface area contributed by atoms with Gasteiger partial charge < -0.3 is 10.2 Å². The van der Waals surface area contributed by atoms with Gasteiger partial charge in [-0.15, -0.1) is 0 Å². The first kappa shape index (κ1) is 18.9. The van der Waals surface area contributed by atoms with Crippen molar-refractivity contribution in [3.8, 4) is 5.69 Å². The molecule has 0 atom stereocenters. The lowest BCUT2D eigenvalue weighted by Crippen LogP contribution is -2.37. The molecule has 0 aliphatic carbocycles. The summed E-state index contributed by atoms with van der Waals surface area (Å²) in [6.45, 7) is 8.94. The summed E-state index contributed by atoms with van der Waals surface area (Å²) < 4.78 is 14.7. The zero-order valence-electron chi connectivity index (χ0n) is 15.0. The monoisotopic (exact) mass is 352 g/mol. The Balaban J connectivity index is 2.08. The van der Waals surface area contributed by atoms with Crippen LogP contribution in [0.15, 0.2) is 24.3 Å². The molecule has 6 heteroatoms. The normalized spacial score (nSPS) is 12.2. The van der Waals surface area contributed by atoms with E-state index >= 15 is 0 Å².